The van der Waals surface area contributed by atoms with Crippen molar-refractivity contribution >= 4 is 5.71 Å². The van der Waals surface area contributed by atoms with E-state index in [4.69, 9.17) is 0 Å². The van der Waals surface area contributed by atoms with Crippen LogP contribution in [0.25, 0.3) is 0 Å². The van der Waals surface area contributed by atoms with Crippen molar-refractivity contribution in [2.45, 2.75) is 91.9 Å². The normalized spacial score (nSPS) is 13.1. The maximum Gasteiger partial charge on any atom is 0.249 e. The van der Waals surface area contributed by atoms with E-state index in [1.54, 1.807) is 13.0 Å². The largest absolute Gasteiger partial charge is 0.261 e. The fourth-order valence-corrected chi connectivity index (χ4v) is 4.23. The molecule has 0 aliphatic heterocycles. The molecule has 0 aliphatic carbocycles. The number of aryl methyl sites for hydroxylation is 1. The standard InChI is InChI=1S/C24H36F3N/c1-7-12-24(9-3,13-8-2)14-11-22(28-10-4)20-16-19(17-23(6,26)27)21(25)15-18(20)5/h10,15-16H,4,7-9,11-14,17H2,1-3,5-6H3/b28-22-. The average molecular weight is 396 g/mol. The van der Waals surface area contributed by atoms with Crippen molar-refractivity contribution in [1.82, 2.24) is 0 Å². The van der Waals surface area contributed by atoms with Crippen LogP contribution in [0.3, 0.4) is 0 Å². The number of hydrogen-bond donors (Lipinski definition) is 0. The Bertz CT molecular complexity index is 665. The Morgan fingerprint density at radius 2 is 1.71 bits per heavy atom. The van der Waals surface area contributed by atoms with Crippen LogP contribution in [0.4, 0.5) is 13.2 Å². The van der Waals surface area contributed by atoms with Crippen LogP contribution in [-0.2, 0) is 6.42 Å². The monoisotopic (exact) mass is 395 g/mol. The molecular formula is C24H36F3N. The molecule has 0 unspecified atom stereocenters. The van der Waals surface area contributed by atoms with Gasteiger partial charge in [0.25, 0.3) is 0 Å². The van der Waals surface area contributed by atoms with E-state index in [1.165, 1.54) is 12.3 Å². The molecule has 28 heavy (non-hydrogen) atoms. The Hall–Kier alpha value is -1.58. The molecule has 0 spiro atoms. The predicted molar refractivity (Wildman–Crippen MR) is 114 cm³/mol. The fraction of sp³-hybridized carbons (Fsp3) is 0.625. The molecule has 0 fully saturated rings. The molecule has 158 valence electrons. The van der Waals surface area contributed by atoms with E-state index in [-0.39, 0.29) is 11.0 Å². The second-order valence-electron chi connectivity index (χ2n) is 8.12. The van der Waals surface area contributed by atoms with Crippen molar-refractivity contribution in [1.29, 1.82) is 0 Å². The molecule has 0 saturated carbocycles. The quantitative estimate of drug-likeness (QED) is 0.318. The van der Waals surface area contributed by atoms with Crippen LogP contribution < -0.4 is 0 Å². The average Bonchev–Trinajstić information content (AvgIpc) is 2.60. The van der Waals surface area contributed by atoms with Gasteiger partial charge in [-0.1, -0.05) is 46.6 Å². The first-order chi connectivity index (χ1) is 13.1. The number of aliphatic imine (C=N–C) groups is 1. The second-order valence-corrected chi connectivity index (χ2v) is 8.12. The van der Waals surface area contributed by atoms with Crippen molar-refractivity contribution in [3.8, 4) is 0 Å². The van der Waals surface area contributed by atoms with E-state index in [2.05, 4.69) is 32.3 Å². The molecule has 0 radical (unpaired) electrons. The Balaban J connectivity index is 3.23. The summed E-state index contributed by atoms with van der Waals surface area (Å²) in [5.74, 6) is -3.54. The first-order valence-electron chi connectivity index (χ1n) is 10.5. The predicted octanol–water partition coefficient (Wildman–Crippen LogP) is 8.04. The van der Waals surface area contributed by atoms with E-state index >= 15 is 0 Å². The first-order valence-corrected chi connectivity index (χ1v) is 10.5. The third kappa shape index (κ3) is 7.10. The molecule has 0 aliphatic rings. The lowest BCUT2D eigenvalue weighted by Crippen LogP contribution is -2.22. The van der Waals surface area contributed by atoms with Gasteiger partial charge in [0.15, 0.2) is 0 Å². The summed E-state index contributed by atoms with van der Waals surface area (Å²) in [5, 5.41) is 0. The summed E-state index contributed by atoms with van der Waals surface area (Å²) in [4.78, 5) is 4.45. The molecule has 0 N–H and O–H groups in total. The maximum atomic E-state index is 14.2. The Kier molecular flexibility index (Phi) is 9.46. The molecule has 1 nitrogen and oxygen atoms in total. The van der Waals surface area contributed by atoms with Crippen LogP contribution in [0.1, 0.15) is 89.3 Å². The van der Waals surface area contributed by atoms with E-state index in [9.17, 15) is 13.2 Å². The minimum Gasteiger partial charge on any atom is -0.261 e. The summed E-state index contributed by atoms with van der Waals surface area (Å²) < 4.78 is 41.2. The second kappa shape index (κ2) is 10.8. The van der Waals surface area contributed by atoms with Gasteiger partial charge in [-0.15, -0.1) is 0 Å². The number of nitrogens with zero attached hydrogens (tertiary/aromatic N) is 1. The summed E-state index contributed by atoms with van der Waals surface area (Å²) in [7, 11) is 0. The molecule has 0 amide bonds. The minimum atomic E-state index is -2.96. The van der Waals surface area contributed by atoms with Crippen molar-refractivity contribution in [2.24, 2.45) is 10.4 Å². The van der Waals surface area contributed by atoms with Gasteiger partial charge in [-0.3, -0.25) is 4.99 Å². The first kappa shape index (κ1) is 24.5. The summed E-state index contributed by atoms with van der Waals surface area (Å²) >= 11 is 0. The van der Waals surface area contributed by atoms with E-state index in [0.717, 1.165) is 63.1 Å². The molecule has 0 atom stereocenters. The molecule has 4 heteroatoms. The minimum absolute atomic E-state index is 0.0359. The van der Waals surface area contributed by atoms with Crippen LogP contribution in [0.5, 0.6) is 0 Å². The van der Waals surface area contributed by atoms with Gasteiger partial charge in [0.05, 0.1) is 0 Å². The zero-order chi connectivity index (χ0) is 21.4. The van der Waals surface area contributed by atoms with Gasteiger partial charge < -0.3 is 0 Å². The zero-order valence-corrected chi connectivity index (χ0v) is 18.2. The third-order valence-electron chi connectivity index (χ3n) is 5.66. The lowest BCUT2D eigenvalue weighted by atomic mass is 9.73. The molecule has 1 aromatic rings. The summed E-state index contributed by atoms with van der Waals surface area (Å²) in [6.07, 6.45) is 8.27. The lowest BCUT2D eigenvalue weighted by molar-refractivity contribution is 0.0217. The molecule has 1 rings (SSSR count). The number of halogens is 3. The van der Waals surface area contributed by atoms with Gasteiger partial charge in [-0.2, -0.15) is 0 Å². The van der Waals surface area contributed by atoms with Crippen molar-refractivity contribution < 1.29 is 13.2 Å². The van der Waals surface area contributed by atoms with Gasteiger partial charge in [-0.25, -0.2) is 13.2 Å². The van der Waals surface area contributed by atoms with Gasteiger partial charge in [-0.05, 0) is 73.8 Å². The number of alkyl halides is 2. The molecule has 0 aromatic heterocycles. The SMILES string of the molecule is C=C/N=C(/CCC(CC)(CCC)CCC)c1cc(CC(C)(F)F)c(F)cc1C. The van der Waals surface area contributed by atoms with E-state index in [1.807, 2.05) is 0 Å². The smallest absolute Gasteiger partial charge is 0.249 e. The highest BCUT2D eigenvalue weighted by atomic mass is 19.3. The van der Waals surface area contributed by atoms with E-state index in [0.29, 0.717) is 5.56 Å². The van der Waals surface area contributed by atoms with Gasteiger partial charge in [0, 0.05) is 18.3 Å². The lowest BCUT2D eigenvalue weighted by Gasteiger charge is -2.33. The molecule has 0 bridgehead atoms. The van der Waals surface area contributed by atoms with E-state index < -0.39 is 18.2 Å². The van der Waals surface area contributed by atoms with Crippen molar-refractivity contribution in [3.05, 3.63) is 47.4 Å². The topological polar surface area (TPSA) is 12.4 Å². The molecular weight excluding hydrogens is 359 g/mol. The zero-order valence-electron chi connectivity index (χ0n) is 18.2. The summed E-state index contributed by atoms with van der Waals surface area (Å²) in [5.41, 5.74) is 2.57. The number of hydrogen-bond acceptors (Lipinski definition) is 1. The molecule has 0 saturated heterocycles. The van der Waals surface area contributed by atoms with Crippen molar-refractivity contribution in [3.63, 3.8) is 0 Å². The highest BCUT2D eigenvalue weighted by molar-refractivity contribution is 6.02. The van der Waals surface area contributed by atoms with Crippen molar-refractivity contribution in [2.75, 3.05) is 0 Å². The highest BCUT2D eigenvalue weighted by Gasteiger charge is 2.28. The van der Waals surface area contributed by atoms with Crippen LogP contribution in [-0.4, -0.2) is 11.6 Å². The summed E-state index contributed by atoms with van der Waals surface area (Å²) in [6, 6.07) is 2.90. The number of rotatable bonds is 12. The van der Waals surface area contributed by atoms with Crippen LogP contribution in [0.2, 0.25) is 0 Å². The van der Waals surface area contributed by atoms with Gasteiger partial charge in [0.2, 0.25) is 5.92 Å². The maximum absolute atomic E-state index is 14.2. The van der Waals surface area contributed by atoms with Crippen LogP contribution in [0.15, 0.2) is 29.9 Å². The van der Waals surface area contributed by atoms with Gasteiger partial charge in [0.1, 0.15) is 5.82 Å². The Morgan fingerprint density at radius 3 is 2.18 bits per heavy atom. The fourth-order valence-electron chi connectivity index (χ4n) is 4.23. The van der Waals surface area contributed by atoms with Crippen LogP contribution >= 0.6 is 0 Å². The Labute approximate surface area is 169 Å². The van der Waals surface area contributed by atoms with Gasteiger partial charge >= 0.3 is 0 Å². The Morgan fingerprint density at radius 1 is 1.11 bits per heavy atom. The summed E-state index contributed by atoms with van der Waals surface area (Å²) in [6.45, 7) is 13.0. The molecule has 0 heterocycles. The third-order valence-corrected chi connectivity index (χ3v) is 5.66. The highest BCUT2D eigenvalue weighted by Crippen LogP contribution is 2.39. The van der Waals surface area contributed by atoms with Crippen LogP contribution in [0, 0.1) is 18.2 Å². The number of benzene rings is 1. The molecule has 1 aromatic carbocycles.